The Hall–Kier alpha value is -1.44. The molecule has 0 rings (SSSR count). The molecule has 0 unspecified atom stereocenters. The van der Waals surface area contributed by atoms with E-state index in [0.717, 1.165) is 0 Å². The molecule has 0 saturated carbocycles. The van der Waals surface area contributed by atoms with Gasteiger partial charge in [0, 0.05) is 0 Å². The van der Waals surface area contributed by atoms with Crippen molar-refractivity contribution in [1.82, 2.24) is 10.6 Å². The van der Waals surface area contributed by atoms with E-state index >= 15 is 0 Å². The second kappa shape index (κ2) is 10.4. The summed E-state index contributed by atoms with van der Waals surface area (Å²) in [6.45, 7) is 9.01. The molecule has 0 radical (unpaired) electrons. The molecule has 140 valence electrons. The quantitative estimate of drug-likeness (QED) is 0.578. The van der Waals surface area contributed by atoms with Crippen molar-refractivity contribution >= 4 is 29.7 Å². The van der Waals surface area contributed by atoms with Crippen molar-refractivity contribution in [2.45, 2.75) is 65.1 Å². The first-order valence-electron chi connectivity index (χ1n) is 8.10. The first-order valence-corrected chi connectivity index (χ1v) is 9.49. The Labute approximate surface area is 148 Å². The summed E-state index contributed by atoms with van der Waals surface area (Å²) in [6, 6.07) is -1.54. The van der Waals surface area contributed by atoms with Crippen LogP contribution in [0.4, 0.5) is 4.79 Å². The van der Waals surface area contributed by atoms with Gasteiger partial charge in [-0.05, 0) is 45.1 Å². The second-order valence-electron chi connectivity index (χ2n) is 6.75. The summed E-state index contributed by atoms with van der Waals surface area (Å²) >= 11 is 1.56. The van der Waals surface area contributed by atoms with Gasteiger partial charge in [0.25, 0.3) is 0 Å². The highest BCUT2D eigenvalue weighted by Gasteiger charge is 2.30. The van der Waals surface area contributed by atoms with E-state index in [1.807, 2.05) is 20.1 Å². The van der Waals surface area contributed by atoms with Gasteiger partial charge < -0.3 is 21.1 Å². The van der Waals surface area contributed by atoms with Crippen molar-refractivity contribution in [2.75, 3.05) is 12.0 Å². The van der Waals surface area contributed by atoms with Gasteiger partial charge in [0.05, 0.1) is 0 Å². The lowest BCUT2D eigenvalue weighted by Crippen LogP contribution is -2.55. The molecule has 0 spiro atoms. The Kier molecular flexibility index (Phi) is 9.80. The predicted octanol–water partition coefficient (Wildman–Crippen LogP) is 1.65. The number of ether oxygens (including phenoxy) is 1. The number of carbonyl (C=O) groups is 3. The molecule has 4 N–H and O–H groups in total. The van der Waals surface area contributed by atoms with Crippen LogP contribution in [-0.4, -0.2) is 47.6 Å². The van der Waals surface area contributed by atoms with E-state index in [0.29, 0.717) is 18.6 Å². The standard InChI is InChI=1S/C16H31N3O4S/c1-7-10(2)12(19-15(22)23-16(3,4)5)14(21)18-11(13(17)20)8-9-24-6/h10-12H,7-9H2,1-6H3,(H2,17,20)(H,18,21)(H,19,22)/t10-,11+,12+/m0/s1. The fraction of sp³-hybridized carbons (Fsp3) is 0.812. The fourth-order valence-corrected chi connectivity index (χ4v) is 2.39. The number of hydrogen-bond acceptors (Lipinski definition) is 5. The molecule has 0 aliphatic heterocycles. The summed E-state index contributed by atoms with van der Waals surface area (Å²) in [5, 5.41) is 5.23. The fourth-order valence-electron chi connectivity index (χ4n) is 1.92. The number of primary amides is 1. The number of carbonyl (C=O) groups excluding carboxylic acids is 3. The molecular formula is C16H31N3O4S. The molecule has 0 aliphatic rings. The summed E-state index contributed by atoms with van der Waals surface area (Å²) in [7, 11) is 0. The van der Waals surface area contributed by atoms with Gasteiger partial charge in [0.1, 0.15) is 17.7 Å². The van der Waals surface area contributed by atoms with Crippen LogP contribution in [0.2, 0.25) is 0 Å². The molecule has 0 aromatic rings. The zero-order chi connectivity index (χ0) is 18.9. The average Bonchev–Trinajstić information content (AvgIpc) is 2.45. The Bertz CT molecular complexity index is 438. The van der Waals surface area contributed by atoms with E-state index in [1.165, 1.54) is 0 Å². The molecule has 0 bridgehead atoms. The van der Waals surface area contributed by atoms with E-state index in [9.17, 15) is 14.4 Å². The maximum absolute atomic E-state index is 12.5. The molecule has 24 heavy (non-hydrogen) atoms. The zero-order valence-electron chi connectivity index (χ0n) is 15.5. The largest absolute Gasteiger partial charge is 0.444 e. The molecule has 0 aliphatic carbocycles. The van der Waals surface area contributed by atoms with Gasteiger partial charge >= 0.3 is 6.09 Å². The van der Waals surface area contributed by atoms with Crippen molar-refractivity contribution in [3.05, 3.63) is 0 Å². The van der Waals surface area contributed by atoms with Crippen LogP contribution in [0, 0.1) is 5.92 Å². The van der Waals surface area contributed by atoms with Crippen LogP contribution < -0.4 is 16.4 Å². The van der Waals surface area contributed by atoms with Crippen molar-refractivity contribution in [1.29, 1.82) is 0 Å². The van der Waals surface area contributed by atoms with E-state index < -0.39 is 35.6 Å². The SMILES string of the molecule is CC[C@H](C)[C@@H](NC(=O)OC(C)(C)C)C(=O)N[C@H](CCSC)C(N)=O. The Morgan fingerprint density at radius 3 is 2.21 bits per heavy atom. The monoisotopic (exact) mass is 361 g/mol. The minimum Gasteiger partial charge on any atom is -0.444 e. The third-order valence-electron chi connectivity index (χ3n) is 3.44. The molecular weight excluding hydrogens is 330 g/mol. The summed E-state index contributed by atoms with van der Waals surface area (Å²) in [4.78, 5) is 36.0. The smallest absolute Gasteiger partial charge is 0.408 e. The van der Waals surface area contributed by atoms with Crippen LogP contribution in [-0.2, 0) is 14.3 Å². The summed E-state index contributed by atoms with van der Waals surface area (Å²) in [5.41, 5.74) is 4.69. The van der Waals surface area contributed by atoms with Crippen molar-refractivity contribution in [3.8, 4) is 0 Å². The first-order chi connectivity index (χ1) is 11.0. The van der Waals surface area contributed by atoms with Gasteiger partial charge in [-0.25, -0.2) is 4.79 Å². The molecule has 3 atom stereocenters. The topological polar surface area (TPSA) is 111 Å². The summed E-state index contributed by atoms with van der Waals surface area (Å²) < 4.78 is 5.21. The van der Waals surface area contributed by atoms with Gasteiger partial charge in [-0.1, -0.05) is 20.3 Å². The first kappa shape index (κ1) is 22.6. The number of amides is 3. The third-order valence-corrected chi connectivity index (χ3v) is 4.08. The second-order valence-corrected chi connectivity index (χ2v) is 7.74. The summed E-state index contributed by atoms with van der Waals surface area (Å²) in [5.74, 6) is -0.439. The van der Waals surface area contributed by atoms with Crippen LogP contribution in [0.3, 0.4) is 0 Å². The third kappa shape index (κ3) is 9.00. The number of rotatable bonds is 9. The predicted molar refractivity (Wildman–Crippen MR) is 96.7 cm³/mol. The van der Waals surface area contributed by atoms with Crippen LogP contribution in [0.1, 0.15) is 47.5 Å². The molecule has 7 nitrogen and oxygen atoms in total. The average molecular weight is 362 g/mol. The number of hydrogen-bond donors (Lipinski definition) is 3. The van der Waals surface area contributed by atoms with Crippen molar-refractivity contribution < 1.29 is 19.1 Å². The highest BCUT2D eigenvalue weighted by molar-refractivity contribution is 7.98. The molecule has 0 heterocycles. The number of thioether (sulfide) groups is 1. The Balaban J connectivity index is 4.99. The van der Waals surface area contributed by atoms with Gasteiger partial charge in [-0.15, -0.1) is 0 Å². The normalized spacial score (nSPS) is 15.1. The minimum absolute atomic E-state index is 0.119. The number of alkyl carbamates (subject to hydrolysis) is 1. The van der Waals surface area contributed by atoms with Gasteiger partial charge in [0.15, 0.2) is 0 Å². The van der Waals surface area contributed by atoms with E-state index in [-0.39, 0.29) is 5.92 Å². The van der Waals surface area contributed by atoms with E-state index in [1.54, 1.807) is 32.5 Å². The molecule has 0 saturated heterocycles. The Morgan fingerprint density at radius 1 is 1.21 bits per heavy atom. The number of nitrogens with two attached hydrogens (primary N) is 1. The number of nitrogens with one attached hydrogen (secondary N) is 2. The summed E-state index contributed by atoms with van der Waals surface area (Å²) in [6.07, 6.45) is 2.37. The van der Waals surface area contributed by atoms with Crippen LogP contribution in [0.15, 0.2) is 0 Å². The van der Waals surface area contributed by atoms with Crippen molar-refractivity contribution in [3.63, 3.8) is 0 Å². The van der Waals surface area contributed by atoms with Crippen LogP contribution >= 0.6 is 11.8 Å². The molecule has 3 amide bonds. The lowest BCUT2D eigenvalue weighted by molar-refractivity contribution is -0.129. The highest BCUT2D eigenvalue weighted by Crippen LogP contribution is 2.12. The zero-order valence-corrected chi connectivity index (χ0v) is 16.3. The van der Waals surface area contributed by atoms with Crippen LogP contribution in [0.5, 0.6) is 0 Å². The highest BCUT2D eigenvalue weighted by atomic mass is 32.2. The maximum Gasteiger partial charge on any atom is 0.408 e. The van der Waals surface area contributed by atoms with Gasteiger partial charge in [-0.2, -0.15) is 11.8 Å². The lowest BCUT2D eigenvalue weighted by atomic mass is 9.98. The molecule has 0 fully saturated rings. The Morgan fingerprint density at radius 2 is 1.79 bits per heavy atom. The van der Waals surface area contributed by atoms with Gasteiger partial charge in [-0.3, -0.25) is 9.59 Å². The molecule has 0 aromatic heterocycles. The van der Waals surface area contributed by atoms with Gasteiger partial charge in [0.2, 0.25) is 11.8 Å². The molecule has 0 aromatic carbocycles. The maximum atomic E-state index is 12.5. The van der Waals surface area contributed by atoms with E-state index in [2.05, 4.69) is 10.6 Å². The van der Waals surface area contributed by atoms with E-state index in [4.69, 9.17) is 10.5 Å². The molecule has 8 heteroatoms. The minimum atomic E-state index is -0.791. The van der Waals surface area contributed by atoms with Crippen LogP contribution in [0.25, 0.3) is 0 Å². The lowest BCUT2D eigenvalue weighted by Gasteiger charge is -2.27. The van der Waals surface area contributed by atoms with Crippen molar-refractivity contribution in [2.24, 2.45) is 11.7 Å².